The Balaban J connectivity index is 1.39. The third kappa shape index (κ3) is 5.66. The molecule has 2 fully saturated rings. The van der Waals surface area contributed by atoms with Gasteiger partial charge in [-0.15, -0.1) is 0 Å². The maximum absolute atomic E-state index is 13.6. The number of hydrogen-bond donors (Lipinski definition) is 0. The molecule has 0 N–H and O–H groups in total. The predicted octanol–water partition coefficient (Wildman–Crippen LogP) is 4.45. The molecule has 30 heavy (non-hydrogen) atoms. The zero-order valence-electron chi connectivity index (χ0n) is 17.7. The Bertz CT molecular complexity index is 814. The monoisotopic (exact) mass is 409 g/mol. The molecule has 1 amide bonds. The Hall–Kier alpha value is -2.27. The maximum Gasteiger partial charge on any atom is 0.227 e. The molecule has 1 saturated heterocycles. The fourth-order valence-corrected chi connectivity index (χ4v) is 4.98. The third-order valence-corrected chi connectivity index (χ3v) is 6.66. The SMILES string of the molecule is O=C(Cc1cccc(F)c1)N(Cc1cccnc1)CC1CCN(C2CCCC2)CC1. The number of rotatable bonds is 7. The highest BCUT2D eigenvalue weighted by Gasteiger charge is 2.28. The number of hydrogen-bond acceptors (Lipinski definition) is 3. The number of aromatic nitrogens is 1. The summed E-state index contributed by atoms with van der Waals surface area (Å²) in [7, 11) is 0. The topological polar surface area (TPSA) is 36.4 Å². The van der Waals surface area contributed by atoms with Crippen molar-refractivity contribution in [1.82, 2.24) is 14.8 Å². The highest BCUT2D eigenvalue weighted by atomic mass is 19.1. The minimum Gasteiger partial charge on any atom is -0.338 e. The smallest absolute Gasteiger partial charge is 0.227 e. The zero-order valence-corrected chi connectivity index (χ0v) is 17.7. The van der Waals surface area contributed by atoms with Crippen molar-refractivity contribution in [3.05, 3.63) is 65.7 Å². The Kier molecular flexibility index (Phi) is 7.11. The second-order valence-electron chi connectivity index (χ2n) is 8.86. The highest BCUT2D eigenvalue weighted by molar-refractivity contribution is 5.78. The normalized spacial score (nSPS) is 18.6. The molecule has 2 aromatic rings. The highest BCUT2D eigenvalue weighted by Crippen LogP contribution is 2.28. The van der Waals surface area contributed by atoms with Crippen LogP contribution in [0.15, 0.2) is 48.8 Å². The molecule has 0 bridgehead atoms. The number of nitrogens with zero attached hydrogens (tertiary/aromatic N) is 3. The van der Waals surface area contributed by atoms with Crippen molar-refractivity contribution < 1.29 is 9.18 Å². The van der Waals surface area contributed by atoms with Crippen LogP contribution in [0.4, 0.5) is 4.39 Å². The van der Waals surface area contributed by atoms with Crippen LogP contribution in [0.2, 0.25) is 0 Å². The standard InChI is InChI=1S/C25H32FN3O/c26-23-7-3-5-21(15-23)16-25(30)29(19-22-6-4-12-27-17-22)18-20-10-13-28(14-11-20)24-8-1-2-9-24/h3-7,12,15,17,20,24H,1-2,8-11,13-14,16,18-19H2. The number of carbonyl (C=O) groups is 1. The Morgan fingerprint density at radius 1 is 1.07 bits per heavy atom. The first-order valence-electron chi connectivity index (χ1n) is 11.3. The number of halogens is 1. The van der Waals surface area contributed by atoms with Gasteiger partial charge in [-0.3, -0.25) is 9.78 Å². The van der Waals surface area contributed by atoms with Crippen LogP contribution in [0, 0.1) is 11.7 Å². The van der Waals surface area contributed by atoms with Crippen molar-refractivity contribution in [2.75, 3.05) is 19.6 Å². The summed E-state index contributed by atoms with van der Waals surface area (Å²) in [5.41, 5.74) is 1.76. The van der Waals surface area contributed by atoms with E-state index in [9.17, 15) is 9.18 Å². The van der Waals surface area contributed by atoms with Crippen LogP contribution in [0.1, 0.15) is 49.7 Å². The second kappa shape index (κ2) is 10.2. The molecule has 160 valence electrons. The van der Waals surface area contributed by atoms with E-state index in [1.807, 2.05) is 29.3 Å². The van der Waals surface area contributed by atoms with E-state index in [0.29, 0.717) is 12.5 Å². The average Bonchev–Trinajstić information content (AvgIpc) is 3.29. The van der Waals surface area contributed by atoms with E-state index < -0.39 is 0 Å². The van der Waals surface area contributed by atoms with E-state index in [-0.39, 0.29) is 18.1 Å². The molecule has 1 aromatic heterocycles. The largest absolute Gasteiger partial charge is 0.338 e. The van der Waals surface area contributed by atoms with Gasteiger partial charge in [-0.1, -0.05) is 31.0 Å². The average molecular weight is 410 g/mol. The molecule has 1 aromatic carbocycles. The summed E-state index contributed by atoms with van der Waals surface area (Å²) in [5, 5.41) is 0. The molecule has 4 nitrogen and oxygen atoms in total. The molecule has 0 atom stereocenters. The fraction of sp³-hybridized carbons (Fsp3) is 0.520. The third-order valence-electron chi connectivity index (χ3n) is 6.66. The summed E-state index contributed by atoms with van der Waals surface area (Å²) in [4.78, 5) is 22.0. The van der Waals surface area contributed by atoms with E-state index in [4.69, 9.17) is 0 Å². The minimum absolute atomic E-state index is 0.0580. The van der Waals surface area contributed by atoms with Gasteiger partial charge in [-0.05, 0) is 74.0 Å². The molecule has 1 saturated carbocycles. The lowest BCUT2D eigenvalue weighted by Crippen LogP contribution is -2.44. The molecule has 1 aliphatic carbocycles. The molecule has 0 unspecified atom stereocenters. The van der Waals surface area contributed by atoms with Gasteiger partial charge in [0.25, 0.3) is 0 Å². The number of pyridine rings is 1. The quantitative estimate of drug-likeness (QED) is 0.678. The summed E-state index contributed by atoms with van der Waals surface area (Å²) in [6, 6.07) is 11.1. The number of benzene rings is 1. The molecular formula is C25H32FN3O. The molecule has 5 heteroatoms. The number of likely N-dealkylation sites (tertiary alicyclic amines) is 1. The van der Waals surface area contributed by atoms with Crippen molar-refractivity contribution in [2.45, 2.75) is 57.5 Å². The summed E-state index contributed by atoms with van der Waals surface area (Å²) < 4.78 is 13.6. The second-order valence-corrected chi connectivity index (χ2v) is 8.86. The van der Waals surface area contributed by atoms with Gasteiger partial charge in [-0.25, -0.2) is 4.39 Å². The van der Waals surface area contributed by atoms with Crippen LogP contribution < -0.4 is 0 Å². The molecule has 1 aliphatic heterocycles. The maximum atomic E-state index is 13.6. The van der Waals surface area contributed by atoms with Crippen molar-refractivity contribution in [3.63, 3.8) is 0 Å². The lowest BCUT2D eigenvalue weighted by atomic mass is 9.94. The molecule has 4 rings (SSSR count). The van der Waals surface area contributed by atoms with Gasteiger partial charge in [0.1, 0.15) is 5.82 Å². The summed E-state index contributed by atoms with van der Waals surface area (Å²) in [5.74, 6) is 0.289. The first-order valence-corrected chi connectivity index (χ1v) is 11.3. The lowest BCUT2D eigenvalue weighted by Gasteiger charge is -2.38. The van der Waals surface area contributed by atoms with E-state index in [1.165, 1.54) is 37.8 Å². The first-order chi connectivity index (χ1) is 14.7. The predicted molar refractivity (Wildman–Crippen MR) is 116 cm³/mol. The van der Waals surface area contributed by atoms with Crippen LogP contribution in [-0.2, 0) is 17.8 Å². The number of amides is 1. The van der Waals surface area contributed by atoms with Crippen molar-refractivity contribution in [1.29, 1.82) is 0 Å². The van der Waals surface area contributed by atoms with Crippen molar-refractivity contribution in [2.24, 2.45) is 5.92 Å². The van der Waals surface area contributed by atoms with E-state index in [1.54, 1.807) is 12.3 Å². The van der Waals surface area contributed by atoms with Gasteiger partial charge in [0.2, 0.25) is 5.91 Å². The molecule has 0 spiro atoms. The van der Waals surface area contributed by atoms with Gasteiger partial charge in [0.15, 0.2) is 0 Å². The van der Waals surface area contributed by atoms with Crippen LogP contribution in [-0.4, -0.2) is 46.4 Å². The van der Waals surface area contributed by atoms with Crippen LogP contribution >= 0.6 is 0 Å². The van der Waals surface area contributed by atoms with Gasteiger partial charge < -0.3 is 9.80 Å². The van der Waals surface area contributed by atoms with Crippen LogP contribution in [0.25, 0.3) is 0 Å². The van der Waals surface area contributed by atoms with Crippen molar-refractivity contribution in [3.8, 4) is 0 Å². The van der Waals surface area contributed by atoms with Gasteiger partial charge >= 0.3 is 0 Å². The summed E-state index contributed by atoms with van der Waals surface area (Å²) in [6.45, 7) is 3.62. The molecule has 0 radical (unpaired) electrons. The van der Waals surface area contributed by atoms with Crippen LogP contribution in [0.5, 0.6) is 0 Å². The van der Waals surface area contributed by atoms with Gasteiger partial charge in [0.05, 0.1) is 6.42 Å². The minimum atomic E-state index is -0.293. The lowest BCUT2D eigenvalue weighted by molar-refractivity contribution is -0.132. The first kappa shape index (κ1) is 21.0. The fourth-order valence-electron chi connectivity index (χ4n) is 4.98. The number of piperidine rings is 1. The Morgan fingerprint density at radius 2 is 1.83 bits per heavy atom. The van der Waals surface area contributed by atoms with Crippen LogP contribution in [0.3, 0.4) is 0 Å². The van der Waals surface area contributed by atoms with Gasteiger partial charge in [-0.2, -0.15) is 0 Å². The van der Waals surface area contributed by atoms with Gasteiger partial charge in [0, 0.05) is 31.5 Å². The Morgan fingerprint density at radius 3 is 2.53 bits per heavy atom. The molecule has 2 heterocycles. The molecule has 2 aliphatic rings. The summed E-state index contributed by atoms with van der Waals surface area (Å²) in [6.07, 6.45) is 11.6. The van der Waals surface area contributed by atoms with E-state index >= 15 is 0 Å². The van der Waals surface area contributed by atoms with E-state index in [2.05, 4.69) is 9.88 Å². The zero-order chi connectivity index (χ0) is 20.8. The van der Waals surface area contributed by atoms with Crippen molar-refractivity contribution >= 4 is 5.91 Å². The summed E-state index contributed by atoms with van der Waals surface area (Å²) >= 11 is 0. The molecular weight excluding hydrogens is 377 g/mol. The number of carbonyl (C=O) groups excluding carboxylic acids is 1. The Labute approximate surface area is 179 Å². The van der Waals surface area contributed by atoms with E-state index in [0.717, 1.165) is 49.6 Å².